The smallest absolute Gasteiger partial charge is 0.237 e. The van der Waals surface area contributed by atoms with Gasteiger partial charge >= 0.3 is 0 Å². The number of nitrogens with zero attached hydrogens (tertiary/aromatic N) is 6. The molecule has 0 aliphatic rings. The standard InChI is InChI=1S/C22H22N6OS/c1-17(2)27(18-10-4-3-5-11-18)20(29)16-30-22-25-24-21(19-12-6-7-13-23-19)28(22)26-14-8-9-15-26/h3-15,17H,16H2,1-2H3. The summed E-state index contributed by atoms with van der Waals surface area (Å²) in [5.41, 5.74) is 1.60. The highest BCUT2D eigenvalue weighted by molar-refractivity contribution is 7.99. The summed E-state index contributed by atoms with van der Waals surface area (Å²) in [6.07, 6.45) is 5.54. The first-order chi connectivity index (χ1) is 14.6. The highest BCUT2D eigenvalue weighted by atomic mass is 32.2. The van der Waals surface area contributed by atoms with Crippen LogP contribution in [0.3, 0.4) is 0 Å². The van der Waals surface area contributed by atoms with E-state index in [-0.39, 0.29) is 17.7 Å². The molecule has 1 amide bonds. The van der Waals surface area contributed by atoms with Crippen molar-refractivity contribution < 1.29 is 4.79 Å². The predicted octanol–water partition coefficient (Wildman–Crippen LogP) is 3.99. The summed E-state index contributed by atoms with van der Waals surface area (Å²) >= 11 is 1.36. The number of aromatic nitrogens is 5. The van der Waals surface area contributed by atoms with Crippen LogP contribution in [0, 0.1) is 0 Å². The molecule has 0 saturated carbocycles. The minimum absolute atomic E-state index is 0.0163. The van der Waals surface area contributed by atoms with Gasteiger partial charge in [0.15, 0.2) is 0 Å². The van der Waals surface area contributed by atoms with Gasteiger partial charge in [-0.15, -0.1) is 10.2 Å². The number of thioether (sulfide) groups is 1. The molecule has 7 nitrogen and oxygen atoms in total. The van der Waals surface area contributed by atoms with Gasteiger partial charge in [0.1, 0.15) is 5.69 Å². The molecule has 1 aromatic carbocycles. The lowest BCUT2D eigenvalue weighted by Crippen LogP contribution is -2.38. The van der Waals surface area contributed by atoms with Crippen molar-refractivity contribution in [2.75, 3.05) is 10.7 Å². The first-order valence-corrected chi connectivity index (χ1v) is 10.6. The molecule has 4 aromatic rings. The molecule has 30 heavy (non-hydrogen) atoms. The van der Waals surface area contributed by atoms with Crippen LogP contribution in [-0.2, 0) is 4.79 Å². The first kappa shape index (κ1) is 19.9. The Hall–Kier alpha value is -3.39. The molecular formula is C22H22N6OS. The van der Waals surface area contributed by atoms with Gasteiger partial charge in [0.2, 0.25) is 16.9 Å². The van der Waals surface area contributed by atoms with Gasteiger partial charge in [-0.3, -0.25) is 14.5 Å². The van der Waals surface area contributed by atoms with E-state index in [0.717, 1.165) is 5.69 Å². The highest BCUT2D eigenvalue weighted by Crippen LogP contribution is 2.25. The number of benzene rings is 1. The van der Waals surface area contributed by atoms with Gasteiger partial charge in [-0.05, 0) is 50.2 Å². The molecule has 0 spiro atoms. The van der Waals surface area contributed by atoms with Gasteiger partial charge in [0, 0.05) is 30.3 Å². The van der Waals surface area contributed by atoms with Gasteiger partial charge in [0.25, 0.3) is 0 Å². The lowest BCUT2D eigenvalue weighted by Gasteiger charge is -2.26. The third-order valence-corrected chi connectivity index (χ3v) is 5.37. The Labute approximate surface area is 179 Å². The summed E-state index contributed by atoms with van der Waals surface area (Å²) in [6, 6.07) is 19.3. The van der Waals surface area contributed by atoms with E-state index in [2.05, 4.69) is 15.2 Å². The van der Waals surface area contributed by atoms with Crippen LogP contribution >= 0.6 is 11.8 Å². The maximum atomic E-state index is 13.1. The summed E-state index contributed by atoms with van der Waals surface area (Å²) in [5.74, 6) is 0.877. The minimum Gasteiger partial charge on any atom is -0.309 e. The zero-order chi connectivity index (χ0) is 20.9. The Morgan fingerprint density at radius 1 is 1.00 bits per heavy atom. The second kappa shape index (κ2) is 8.96. The van der Waals surface area contributed by atoms with Gasteiger partial charge in [-0.2, -0.15) is 0 Å². The lowest BCUT2D eigenvalue weighted by molar-refractivity contribution is -0.116. The van der Waals surface area contributed by atoms with Crippen LogP contribution in [0.5, 0.6) is 0 Å². The van der Waals surface area contributed by atoms with E-state index in [1.807, 2.05) is 101 Å². The van der Waals surface area contributed by atoms with Crippen molar-refractivity contribution in [3.63, 3.8) is 0 Å². The summed E-state index contributed by atoms with van der Waals surface area (Å²) < 4.78 is 3.75. The van der Waals surface area contributed by atoms with E-state index in [4.69, 9.17) is 0 Å². The summed E-state index contributed by atoms with van der Waals surface area (Å²) in [6.45, 7) is 4.02. The largest absolute Gasteiger partial charge is 0.309 e. The minimum atomic E-state index is 0.0163. The fourth-order valence-corrected chi connectivity index (χ4v) is 3.98. The predicted molar refractivity (Wildman–Crippen MR) is 118 cm³/mol. The van der Waals surface area contributed by atoms with E-state index in [1.54, 1.807) is 6.20 Å². The van der Waals surface area contributed by atoms with E-state index < -0.39 is 0 Å². The maximum Gasteiger partial charge on any atom is 0.237 e. The number of carbonyl (C=O) groups is 1. The van der Waals surface area contributed by atoms with Crippen LogP contribution in [0.2, 0.25) is 0 Å². The van der Waals surface area contributed by atoms with Crippen LogP contribution in [0.15, 0.2) is 84.4 Å². The molecule has 4 rings (SSSR count). The van der Waals surface area contributed by atoms with Gasteiger partial charge in [-0.25, -0.2) is 4.68 Å². The van der Waals surface area contributed by atoms with Crippen molar-refractivity contribution in [1.82, 2.24) is 24.5 Å². The van der Waals surface area contributed by atoms with Crippen molar-refractivity contribution in [3.8, 4) is 11.5 Å². The first-order valence-electron chi connectivity index (χ1n) is 9.65. The van der Waals surface area contributed by atoms with E-state index in [1.165, 1.54) is 11.8 Å². The number of carbonyl (C=O) groups excluding carboxylic acids is 1. The van der Waals surface area contributed by atoms with Crippen molar-refractivity contribution in [2.24, 2.45) is 0 Å². The maximum absolute atomic E-state index is 13.1. The SMILES string of the molecule is CC(C)N(C(=O)CSc1nnc(-c2ccccn2)n1-n1cccc1)c1ccccc1. The lowest BCUT2D eigenvalue weighted by atomic mass is 10.2. The topological polar surface area (TPSA) is 68.8 Å². The number of para-hydroxylation sites is 1. The van der Waals surface area contributed by atoms with Crippen LogP contribution in [0.1, 0.15) is 13.8 Å². The van der Waals surface area contributed by atoms with E-state index in [9.17, 15) is 4.79 Å². The molecule has 0 aliphatic carbocycles. The zero-order valence-corrected chi connectivity index (χ0v) is 17.6. The highest BCUT2D eigenvalue weighted by Gasteiger charge is 2.22. The third kappa shape index (κ3) is 4.13. The molecule has 0 fully saturated rings. The van der Waals surface area contributed by atoms with Gasteiger partial charge < -0.3 is 4.90 Å². The molecule has 0 aliphatic heterocycles. The van der Waals surface area contributed by atoms with E-state index in [0.29, 0.717) is 16.7 Å². The van der Waals surface area contributed by atoms with Crippen molar-refractivity contribution in [3.05, 3.63) is 79.3 Å². The number of anilines is 1. The number of amides is 1. The second-order valence-electron chi connectivity index (χ2n) is 6.88. The molecule has 0 atom stereocenters. The molecule has 8 heteroatoms. The molecule has 0 radical (unpaired) electrons. The Bertz CT molecular complexity index is 1090. The number of hydrogen-bond acceptors (Lipinski definition) is 5. The van der Waals surface area contributed by atoms with Gasteiger partial charge in [-0.1, -0.05) is 36.0 Å². The van der Waals surface area contributed by atoms with Gasteiger partial charge in [0.05, 0.1) is 5.75 Å². The monoisotopic (exact) mass is 418 g/mol. The number of pyridine rings is 1. The van der Waals surface area contributed by atoms with E-state index >= 15 is 0 Å². The van der Waals surface area contributed by atoms with Crippen LogP contribution in [0.25, 0.3) is 11.5 Å². The average molecular weight is 419 g/mol. The zero-order valence-electron chi connectivity index (χ0n) is 16.8. The quantitative estimate of drug-likeness (QED) is 0.425. The van der Waals surface area contributed by atoms with Crippen molar-refractivity contribution >= 4 is 23.4 Å². The Balaban J connectivity index is 1.61. The Morgan fingerprint density at radius 2 is 1.73 bits per heavy atom. The Kier molecular flexibility index (Phi) is 5.94. The molecule has 0 unspecified atom stereocenters. The van der Waals surface area contributed by atoms with Crippen molar-refractivity contribution in [1.29, 1.82) is 0 Å². The Morgan fingerprint density at radius 3 is 2.40 bits per heavy atom. The summed E-state index contributed by atoms with van der Waals surface area (Å²) in [4.78, 5) is 19.3. The van der Waals surface area contributed by atoms with Crippen LogP contribution in [-0.4, -0.2) is 42.2 Å². The number of rotatable bonds is 7. The summed E-state index contributed by atoms with van der Waals surface area (Å²) in [5, 5.41) is 9.31. The molecule has 0 N–H and O–H groups in total. The summed E-state index contributed by atoms with van der Waals surface area (Å²) in [7, 11) is 0. The van der Waals surface area contributed by atoms with Crippen LogP contribution < -0.4 is 4.90 Å². The fraction of sp³-hybridized carbons (Fsp3) is 0.182. The van der Waals surface area contributed by atoms with Crippen molar-refractivity contribution in [2.45, 2.75) is 25.0 Å². The molecular weight excluding hydrogens is 396 g/mol. The van der Waals surface area contributed by atoms with Crippen LogP contribution in [0.4, 0.5) is 5.69 Å². The second-order valence-corrected chi connectivity index (χ2v) is 7.82. The average Bonchev–Trinajstić information content (AvgIpc) is 3.43. The molecule has 3 heterocycles. The normalized spacial score (nSPS) is 11.0. The third-order valence-electron chi connectivity index (χ3n) is 4.47. The molecule has 152 valence electrons. The number of hydrogen-bond donors (Lipinski definition) is 0. The fourth-order valence-electron chi connectivity index (χ4n) is 3.19. The molecule has 0 bridgehead atoms. The molecule has 0 saturated heterocycles. The molecule has 3 aromatic heterocycles.